The van der Waals surface area contributed by atoms with Gasteiger partial charge in [-0.2, -0.15) is 8.78 Å². The Bertz CT molecular complexity index is 704. The van der Waals surface area contributed by atoms with Crippen LogP contribution in [0.1, 0.15) is 26.3 Å². The molecule has 4 nitrogen and oxygen atoms in total. The molecule has 1 amide bonds. The fourth-order valence-corrected chi connectivity index (χ4v) is 3.86. The van der Waals surface area contributed by atoms with Gasteiger partial charge in [0, 0.05) is 13.1 Å². The molecule has 1 unspecified atom stereocenters. The monoisotopic (exact) mass is 339 g/mol. The van der Waals surface area contributed by atoms with Crippen LogP contribution in [0.15, 0.2) is 29.4 Å². The zero-order chi connectivity index (χ0) is 16.4. The zero-order valence-corrected chi connectivity index (χ0v) is 13.7. The van der Waals surface area contributed by atoms with Gasteiger partial charge in [0.25, 0.3) is 0 Å². The minimum atomic E-state index is -2.67. The molecule has 3 rings (SSSR count). The second-order valence-corrected chi connectivity index (χ2v) is 6.85. The minimum Gasteiger partial charge on any atom is -0.342 e. The minimum absolute atomic E-state index is 0.00516. The Morgan fingerprint density at radius 2 is 2.22 bits per heavy atom. The molecule has 1 atom stereocenters. The molecular weight excluding hydrogens is 320 g/mol. The van der Waals surface area contributed by atoms with Crippen LogP contribution in [-0.2, 0) is 4.79 Å². The molecule has 1 saturated heterocycles. The molecule has 124 valence electrons. The second-order valence-electron chi connectivity index (χ2n) is 5.91. The molecule has 7 heteroatoms. The van der Waals surface area contributed by atoms with E-state index in [2.05, 4.69) is 11.9 Å². The van der Waals surface area contributed by atoms with Crippen molar-refractivity contribution >= 4 is 28.7 Å². The van der Waals surface area contributed by atoms with Crippen LogP contribution in [0.3, 0.4) is 0 Å². The quantitative estimate of drug-likeness (QED) is 0.796. The fraction of sp³-hybridized carbons (Fsp3) is 0.500. The number of fused-ring (bicyclic) bond motifs is 1. The van der Waals surface area contributed by atoms with Gasteiger partial charge in [0.2, 0.25) is 5.91 Å². The summed E-state index contributed by atoms with van der Waals surface area (Å²) in [6.45, 7) is 0.970. The van der Waals surface area contributed by atoms with Gasteiger partial charge in [0.05, 0.1) is 16.8 Å². The van der Waals surface area contributed by atoms with E-state index in [1.807, 2.05) is 4.90 Å². The van der Waals surface area contributed by atoms with Crippen LogP contribution >= 0.6 is 11.8 Å². The zero-order valence-electron chi connectivity index (χ0n) is 12.9. The molecule has 0 bridgehead atoms. The van der Waals surface area contributed by atoms with Gasteiger partial charge in [-0.25, -0.2) is 4.98 Å². The highest BCUT2D eigenvalue weighted by molar-refractivity contribution is 7.99. The number of piperidine rings is 1. The number of rotatable bonds is 4. The van der Waals surface area contributed by atoms with E-state index in [0.717, 1.165) is 42.3 Å². The van der Waals surface area contributed by atoms with Gasteiger partial charge < -0.3 is 4.90 Å². The highest BCUT2D eigenvalue weighted by Gasteiger charge is 2.23. The first-order valence-electron chi connectivity index (χ1n) is 7.72. The maximum absolute atomic E-state index is 13.3. The maximum atomic E-state index is 13.3. The first-order valence-corrected chi connectivity index (χ1v) is 8.70. The number of hydrogen-bond acceptors (Lipinski definition) is 3. The van der Waals surface area contributed by atoms with Gasteiger partial charge >= 0.3 is 6.55 Å². The Morgan fingerprint density at radius 1 is 1.43 bits per heavy atom. The van der Waals surface area contributed by atoms with E-state index in [9.17, 15) is 13.6 Å². The van der Waals surface area contributed by atoms with Crippen molar-refractivity contribution < 1.29 is 13.6 Å². The number of carbonyl (C=O) groups is 1. The van der Waals surface area contributed by atoms with E-state index >= 15 is 0 Å². The Hall–Kier alpha value is -1.63. The highest BCUT2D eigenvalue weighted by Crippen LogP contribution is 2.29. The molecule has 23 heavy (non-hydrogen) atoms. The average Bonchev–Trinajstić information content (AvgIpc) is 2.91. The Labute approximate surface area is 137 Å². The van der Waals surface area contributed by atoms with Crippen LogP contribution in [0, 0.1) is 5.92 Å². The van der Waals surface area contributed by atoms with Crippen molar-refractivity contribution in [2.75, 3.05) is 18.8 Å². The van der Waals surface area contributed by atoms with Gasteiger partial charge in [0.1, 0.15) is 0 Å². The van der Waals surface area contributed by atoms with Crippen LogP contribution in [0.2, 0.25) is 0 Å². The highest BCUT2D eigenvalue weighted by atomic mass is 32.2. The Morgan fingerprint density at radius 3 is 2.96 bits per heavy atom. The van der Waals surface area contributed by atoms with Crippen LogP contribution in [0.25, 0.3) is 11.0 Å². The first-order chi connectivity index (χ1) is 11.1. The van der Waals surface area contributed by atoms with E-state index in [1.165, 1.54) is 0 Å². The summed E-state index contributed by atoms with van der Waals surface area (Å²) < 4.78 is 27.6. The fourth-order valence-electron chi connectivity index (χ4n) is 2.95. The third kappa shape index (κ3) is 3.49. The summed E-state index contributed by atoms with van der Waals surface area (Å²) in [5.74, 6) is 0.640. The number of thioether (sulfide) groups is 1. The average molecular weight is 339 g/mol. The van der Waals surface area contributed by atoms with Crippen molar-refractivity contribution in [2.45, 2.75) is 31.5 Å². The molecule has 0 spiro atoms. The van der Waals surface area contributed by atoms with Crippen LogP contribution in [-0.4, -0.2) is 39.2 Å². The van der Waals surface area contributed by atoms with E-state index in [0.29, 0.717) is 17.0 Å². The predicted molar refractivity (Wildman–Crippen MR) is 86.7 cm³/mol. The molecule has 1 aliphatic heterocycles. The number of alkyl halides is 2. The van der Waals surface area contributed by atoms with E-state index < -0.39 is 6.55 Å². The number of hydrogen-bond donors (Lipinski definition) is 0. The van der Waals surface area contributed by atoms with Crippen molar-refractivity contribution in [1.29, 1.82) is 0 Å². The van der Waals surface area contributed by atoms with Crippen LogP contribution < -0.4 is 0 Å². The molecule has 1 aromatic heterocycles. The summed E-state index contributed by atoms with van der Waals surface area (Å²) in [5.41, 5.74) is 0.915. The van der Waals surface area contributed by atoms with Gasteiger partial charge in [-0.1, -0.05) is 30.8 Å². The van der Waals surface area contributed by atoms with Crippen molar-refractivity contribution in [2.24, 2.45) is 5.92 Å². The van der Waals surface area contributed by atoms with E-state index in [1.54, 1.807) is 24.3 Å². The van der Waals surface area contributed by atoms with Crippen molar-refractivity contribution in [1.82, 2.24) is 14.5 Å². The molecule has 2 heterocycles. The summed E-state index contributed by atoms with van der Waals surface area (Å²) in [6, 6.07) is 6.79. The lowest BCUT2D eigenvalue weighted by atomic mass is 10.0. The predicted octanol–water partition coefficient (Wildman–Crippen LogP) is 3.78. The van der Waals surface area contributed by atoms with Gasteiger partial charge in [-0.05, 0) is 30.9 Å². The summed E-state index contributed by atoms with van der Waals surface area (Å²) in [7, 11) is 0. The Kier molecular flexibility index (Phi) is 4.84. The normalized spacial score (nSPS) is 18.8. The molecule has 0 saturated carbocycles. The third-order valence-electron chi connectivity index (χ3n) is 4.09. The first kappa shape index (κ1) is 16.2. The number of para-hydroxylation sites is 2. The number of aromatic nitrogens is 2. The number of halogens is 2. The third-order valence-corrected chi connectivity index (χ3v) is 5.03. The van der Waals surface area contributed by atoms with Gasteiger partial charge in [-0.15, -0.1) is 0 Å². The lowest BCUT2D eigenvalue weighted by molar-refractivity contribution is -0.130. The molecule has 2 aromatic rings. The summed E-state index contributed by atoms with van der Waals surface area (Å²) in [4.78, 5) is 18.4. The molecular formula is C16H19F2N3OS. The van der Waals surface area contributed by atoms with Gasteiger partial charge in [0.15, 0.2) is 5.16 Å². The second kappa shape index (κ2) is 6.86. The molecule has 0 aliphatic carbocycles. The number of amides is 1. The van der Waals surface area contributed by atoms with Crippen LogP contribution in [0.4, 0.5) is 8.78 Å². The number of benzene rings is 1. The van der Waals surface area contributed by atoms with E-state index in [4.69, 9.17) is 0 Å². The summed E-state index contributed by atoms with van der Waals surface area (Å²) in [6.07, 6.45) is 2.14. The van der Waals surface area contributed by atoms with Gasteiger partial charge in [-0.3, -0.25) is 9.36 Å². The van der Waals surface area contributed by atoms with Crippen molar-refractivity contribution in [3.8, 4) is 0 Å². The van der Waals surface area contributed by atoms with Crippen molar-refractivity contribution in [3.05, 3.63) is 24.3 Å². The molecule has 0 radical (unpaired) electrons. The number of carbonyl (C=O) groups excluding carboxylic acids is 1. The summed E-state index contributed by atoms with van der Waals surface area (Å²) in [5, 5.41) is 0.194. The lowest BCUT2D eigenvalue weighted by Crippen LogP contribution is -2.40. The molecule has 1 fully saturated rings. The molecule has 0 N–H and O–H groups in total. The Balaban J connectivity index is 1.74. The largest absolute Gasteiger partial charge is 0.342 e. The van der Waals surface area contributed by atoms with Crippen molar-refractivity contribution in [3.63, 3.8) is 0 Å². The standard InChI is InChI=1S/C16H19F2N3OS/c1-11-5-4-8-20(9-11)14(22)10-23-16-19-12-6-2-3-7-13(12)21(16)15(17)18/h2-3,6-7,11,15H,4-5,8-10H2,1H3. The SMILES string of the molecule is CC1CCCN(C(=O)CSc2nc3ccccc3n2C(F)F)C1. The smallest absolute Gasteiger partial charge is 0.321 e. The lowest BCUT2D eigenvalue weighted by Gasteiger charge is -2.30. The maximum Gasteiger partial charge on any atom is 0.321 e. The number of imidazole rings is 1. The van der Waals surface area contributed by atoms with E-state index in [-0.39, 0.29) is 16.8 Å². The molecule has 1 aromatic carbocycles. The molecule has 1 aliphatic rings. The van der Waals surface area contributed by atoms with Crippen LogP contribution in [0.5, 0.6) is 0 Å². The number of nitrogens with zero attached hydrogens (tertiary/aromatic N) is 3. The number of likely N-dealkylation sites (tertiary alicyclic amines) is 1. The summed E-state index contributed by atoms with van der Waals surface area (Å²) >= 11 is 1.08. The topological polar surface area (TPSA) is 38.1 Å².